The third kappa shape index (κ3) is 4.97. The van der Waals surface area contributed by atoms with E-state index in [1.807, 2.05) is 5.32 Å². The summed E-state index contributed by atoms with van der Waals surface area (Å²) in [7, 11) is 0. The Kier molecular flexibility index (Phi) is 6.50. The van der Waals surface area contributed by atoms with Gasteiger partial charge in [-0.1, -0.05) is 23.7 Å². The van der Waals surface area contributed by atoms with E-state index in [2.05, 4.69) is 5.32 Å². The number of urea groups is 1. The summed E-state index contributed by atoms with van der Waals surface area (Å²) in [5.41, 5.74) is 0.787. The monoisotopic (exact) mass is 448 g/mol. The maximum absolute atomic E-state index is 13.9. The largest absolute Gasteiger partial charge is 0.452 e. The van der Waals surface area contributed by atoms with E-state index in [0.717, 1.165) is 18.2 Å². The highest BCUT2D eigenvalue weighted by Crippen LogP contribution is 2.39. The van der Waals surface area contributed by atoms with Crippen LogP contribution in [0.2, 0.25) is 5.02 Å². The standard InChI is InChI=1S/C22H16ClF3N2O3/c1-11-9-17(27-22(30)28-21(29)14-5-3-4-6-15(14)25)12(2)19(23)20(11)31-18-8-7-13(24)10-16(18)26/h3-10H,1-2H3,(H2,27,28,29,30). The molecule has 0 atom stereocenters. The van der Waals surface area contributed by atoms with E-state index in [1.54, 1.807) is 13.8 Å². The van der Waals surface area contributed by atoms with Crippen LogP contribution in [-0.4, -0.2) is 11.9 Å². The van der Waals surface area contributed by atoms with Crippen molar-refractivity contribution in [3.8, 4) is 11.5 Å². The Balaban J connectivity index is 1.79. The molecule has 0 aromatic heterocycles. The van der Waals surface area contributed by atoms with E-state index in [-0.39, 0.29) is 27.8 Å². The fourth-order valence-corrected chi connectivity index (χ4v) is 3.03. The number of halogens is 4. The summed E-state index contributed by atoms with van der Waals surface area (Å²) < 4.78 is 46.2. The Bertz CT molecular complexity index is 1180. The first-order valence-corrected chi connectivity index (χ1v) is 9.34. The summed E-state index contributed by atoms with van der Waals surface area (Å²) in [6.45, 7) is 3.18. The van der Waals surface area contributed by atoms with Gasteiger partial charge in [-0.05, 0) is 55.3 Å². The molecule has 0 saturated heterocycles. The van der Waals surface area contributed by atoms with Gasteiger partial charge in [0.05, 0.1) is 10.6 Å². The smallest absolute Gasteiger partial charge is 0.326 e. The van der Waals surface area contributed by atoms with Gasteiger partial charge in [0.1, 0.15) is 17.4 Å². The second-order valence-electron chi connectivity index (χ2n) is 6.57. The topological polar surface area (TPSA) is 67.4 Å². The zero-order valence-corrected chi connectivity index (χ0v) is 17.1. The van der Waals surface area contributed by atoms with Crippen LogP contribution in [0.4, 0.5) is 23.7 Å². The van der Waals surface area contributed by atoms with Gasteiger partial charge in [0, 0.05) is 11.8 Å². The van der Waals surface area contributed by atoms with Crippen molar-refractivity contribution in [2.45, 2.75) is 13.8 Å². The molecule has 0 fully saturated rings. The number of hydrogen-bond donors (Lipinski definition) is 2. The van der Waals surface area contributed by atoms with E-state index < -0.39 is 29.4 Å². The number of anilines is 1. The molecule has 9 heteroatoms. The Labute approximate surface area is 180 Å². The van der Waals surface area contributed by atoms with E-state index in [0.29, 0.717) is 17.2 Å². The van der Waals surface area contributed by atoms with Crippen LogP contribution >= 0.6 is 11.6 Å². The summed E-state index contributed by atoms with van der Waals surface area (Å²) in [6.07, 6.45) is 0. The van der Waals surface area contributed by atoms with Crippen molar-refractivity contribution < 1.29 is 27.5 Å². The zero-order valence-electron chi connectivity index (χ0n) is 16.4. The highest BCUT2D eigenvalue weighted by atomic mass is 35.5. The van der Waals surface area contributed by atoms with Crippen LogP contribution in [0.5, 0.6) is 11.5 Å². The molecule has 0 unspecified atom stereocenters. The quantitative estimate of drug-likeness (QED) is 0.504. The lowest BCUT2D eigenvalue weighted by atomic mass is 10.1. The van der Waals surface area contributed by atoms with Crippen molar-refractivity contribution in [2.24, 2.45) is 0 Å². The molecule has 2 N–H and O–H groups in total. The van der Waals surface area contributed by atoms with Gasteiger partial charge in [0.2, 0.25) is 0 Å². The number of benzene rings is 3. The molecule has 0 aliphatic heterocycles. The Morgan fingerprint density at radius 1 is 0.968 bits per heavy atom. The Hall–Kier alpha value is -3.52. The molecular formula is C22H16ClF3N2O3. The minimum atomic E-state index is -0.914. The lowest BCUT2D eigenvalue weighted by molar-refractivity contribution is 0.0963. The van der Waals surface area contributed by atoms with Gasteiger partial charge in [-0.3, -0.25) is 10.1 Å². The number of hydrogen-bond acceptors (Lipinski definition) is 3. The van der Waals surface area contributed by atoms with Gasteiger partial charge in [-0.25, -0.2) is 18.0 Å². The molecular weight excluding hydrogens is 433 g/mol. The molecule has 0 saturated carbocycles. The maximum atomic E-state index is 13.9. The first-order valence-electron chi connectivity index (χ1n) is 8.97. The molecule has 3 amide bonds. The molecule has 0 aliphatic carbocycles. The van der Waals surface area contributed by atoms with E-state index >= 15 is 0 Å². The van der Waals surface area contributed by atoms with Crippen LogP contribution in [-0.2, 0) is 0 Å². The van der Waals surface area contributed by atoms with E-state index in [9.17, 15) is 22.8 Å². The molecule has 31 heavy (non-hydrogen) atoms. The number of aryl methyl sites for hydroxylation is 1. The van der Waals surface area contributed by atoms with E-state index in [4.69, 9.17) is 16.3 Å². The van der Waals surface area contributed by atoms with Gasteiger partial charge >= 0.3 is 6.03 Å². The Morgan fingerprint density at radius 2 is 1.68 bits per heavy atom. The molecule has 0 spiro atoms. The molecule has 0 heterocycles. The molecule has 160 valence electrons. The van der Waals surface area contributed by atoms with Crippen LogP contribution in [0.1, 0.15) is 21.5 Å². The summed E-state index contributed by atoms with van der Waals surface area (Å²) in [6, 6.07) is 8.68. The molecule has 0 aliphatic rings. The van der Waals surface area contributed by atoms with Crippen molar-refractivity contribution in [1.29, 1.82) is 0 Å². The molecule has 0 bridgehead atoms. The number of rotatable bonds is 4. The number of amides is 3. The second-order valence-corrected chi connectivity index (χ2v) is 6.95. The zero-order chi connectivity index (χ0) is 22.7. The highest BCUT2D eigenvalue weighted by Gasteiger charge is 2.19. The minimum absolute atomic E-state index is 0.0828. The SMILES string of the molecule is Cc1cc(NC(=O)NC(=O)c2ccccc2F)c(C)c(Cl)c1Oc1ccc(F)cc1F. The van der Waals surface area contributed by atoms with Crippen LogP contribution in [0.25, 0.3) is 0 Å². The number of ether oxygens (including phenoxy) is 1. The van der Waals surface area contributed by atoms with Gasteiger partial charge < -0.3 is 10.1 Å². The lowest BCUT2D eigenvalue weighted by Crippen LogP contribution is -2.35. The van der Waals surface area contributed by atoms with Crippen molar-refractivity contribution in [1.82, 2.24) is 5.32 Å². The van der Waals surface area contributed by atoms with Crippen molar-refractivity contribution >= 4 is 29.2 Å². The highest BCUT2D eigenvalue weighted by molar-refractivity contribution is 6.33. The second kappa shape index (κ2) is 9.09. The summed E-state index contributed by atoms with van der Waals surface area (Å²) in [4.78, 5) is 24.3. The van der Waals surface area contributed by atoms with Gasteiger partial charge in [-0.2, -0.15) is 0 Å². The number of carbonyl (C=O) groups excluding carboxylic acids is 2. The van der Waals surface area contributed by atoms with Crippen molar-refractivity contribution in [3.05, 3.63) is 87.7 Å². The maximum Gasteiger partial charge on any atom is 0.326 e. The van der Waals surface area contributed by atoms with Crippen molar-refractivity contribution in [2.75, 3.05) is 5.32 Å². The normalized spacial score (nSPS) is 10.5. The predicted octanol–water partition coefficient (Wildman–Crippen LogP) is 6.13. The first-order chi connectivity index (χ1) is 14.7. The van der Waals surface area contributed by atoms with Crippen LogP contribution in [0.3, 0.4) is 0 Å². The van der Waals surface area contributed by atoms with Crippen molar-refractivity contribution in [3.63, 3.8) is 0 Å². The van der Waals surface area contributed by atoms with E-state index in [1.165, 1.54) is 24.3 Å². The lowest BCUT2D eigenvalue weighted by Gasteiger charge is -2.17. The summed E-state index contributed by atoms with van der Waals surface area (Å²) in [5.74, 6) is -3.43. The fraction of sp³-hybridized carbons (Fsp3) is 0.0909. The average Bonchev–Trinajstić information content (AvgIpc) is 2.70. The third-order valence-electron chi connectivity index (χ3n) is 4.35. The molecule has 5 nitrogen and oxygen atoms in total. The molecule has 3 rings (SSSR count). The Morgan fingerprint density at radius 3 is 2.35 bits per heavy atom. The summed E-state index contributed by atoms with van der Waals surface area (Å²) in [5, 5.41) is 4.58. The molecule has 3 aromatic carbocycles. The number of imide groups is 1. The predicted molar refractivity (Wildman–Crippen MR) is 110 cm³/mol. The first kappa shape index (κ1) is 22.2. The van der Waals surface area contributed by atoms with Gasteiger partial charge in [-0.15, -0.1) is 0 Å². The van der Waals surface area contributed by atoms with Crippen LogP contribution in [0.15, 0.2) is 48.5 Å². The molecule has 3 aromatic rings. The molecule has 0 radical (unpaired) electrons. The number of nitrogens with one attached hydrogen (secondary N) is 2. The number of carbonyl (C=O) groups is 2. The van der Waals surface area contributed by atoms with Crippen LogP contribution < -0.4 is 15.4 Å². The summed E-state index contributed by atoms with van der Waals surface area (Å²) >= 11 is 6.33. The van der Waals surface area contributed by atoms with Gasteiger partial charge in [0.15, 0.2) is 11.6 Å². The van der Waals surface area contributed by atoms with Gasteiger partial charge in [0.25, 0.3) is 5.91 Å². The third-order valence-corrected chi connectivity index (χ3v) is 4.81. The van der Waals surface area contributed by atoms with Crippen LogP contribution in [0, 0.1) is 31.3 Å². The average molecular weight is 449 g/mol. The fourth-order valence-electron chi connectivity index (χ4n) is 2.74. The minimum Gasteiger partial charge on any atom is -0.452 e.